The smallest absolute Gasteiger partial charge is 0.266 e. The third-order valence-corrected chi connectivity index (χ3v) is 7.43. The van der Waals surface area contributed by atoms with E-state index in [1.54, 1.807) is 24.1 Å². The first-order valence-electron chi connectivity index (χ1n) is 9.55. The van der Waals surface area contributed by atoms with Crippen LogP contribution in [0.3, 0.4) is 0 Å². The van der Waals surface area contributed by atoms with Gasteiger partial charge in [-0.2, -0.15) is 10.2 Å². The molecule has 2 aromatic rings. The van der Waals surface area contributed by atoms with Gasteiger partial charge in [0.25, 0.3) is 5.89 Å². The number of hydrogen-bond acceptors (Lipinski definition) is 8. The Morgan fingerprint density at radius 1 is 1.34 bits per heavy atom. The summed E-state index contributed by atoms with van der Waals surface area (Å²) in [7, 11) is -1.34. The van der Waals surface area contributed by atoms with Gasteiger partial charge in [-0.05, 0) is 31.4 Å². The van der Waals surface area contributed by atoms with Crippen molar-refractivity contribution < 1.29 is 22.0 Å². The average Bonchev–Trinajstić information content (AvgIpc) is 3.45. The predicted octanol–water partition coefficient (Wildman–Crippen LogP) is 1.67. The summed E-state index contributed by atoms with van der Waals surface area (Å²) in [6.45, 7) is 1.10. The number of sulfone groups is 1. The fourth-order valence-electron chi connectivity index (χ4n) is 3.98. The van der Waals surface area contributed by atoms with Crippen molar-refractivity contribution in [1.82, 2.24) is 9.88 Å². The molecule has 0 aromatic carbocycles. The van der Waals surface area contributed by atoms with E-state index in [1.165, 1.54) is 6.26 Å². The van der Waals surface area contributed by atoms with Crippen LogP contribution in [0.4, 0.5) is 5.88 Å². The molecule has 2 fully saturated rings. The summed E-state index contributed by atoms with van der Waals surface area (Å²) in [6, 6.07) is 5.24. The highest BCUT2D eigenvalue weighted by molar-refractivity contribution is 7.91. The molecule has 1 amide bonds. The second-order valence-corrected chi connectivity index (χ2v) is 9.76. The minimum Gasteiger partial charge on any atom is -0.459 e. The number of piperidine rings is 1. The fourth-order valence-corrected chi connectivity index (χ4v) is 5.76. The van der Waals surface area contributed by atoms with Gasteiger partial charge in [-0.3, -0.25) is 4.79 Å². The van der Waals surface area contributed by atoms with E-state index in [1.807, 2.05) is 4.90 Å². The van der Waals surface area contributed by atoms with Crippen molar-refractivity contribution in [2.45, 2.75) is 25.3 Å². The average molecular weight is 418 g/mol. The maximum Gasteiger partial charge on any atom is 0.266 e. The molecule has 2 saturated heterocycles. The van der Waals surface area contributed by atoms with Crippen LogP contribution in [0.25, 0.3) is 11.7 Å². The molecule has 10 heteroatoms. The van der Waals surface area contributed by atoms with Gasteiger partial charge in [0.1, 0.15) is 6.07 Å². The number of hydrogen-bond donors (Lipinski definition) is 0. The zero-order valence-corrected chi connectivity index (χ0v) is 16.9. The zero-order chi connectivity index (χ0) is 20.6. The van der Waals surface area contributed by atoms with Crippen LogP contribution in [0.1, 0.15) is 25.0 Å². The highest BCUT2D eigenvalue weighted by Crippen LogP contribution is 2.32. The van der Waals surface area contributed by atoms with Crippen LogP contribution in [-0.4, -0.2) is 61.9 Å². The molecule has 9 nitrogen and oxygen atoms in total. The Kier molecular flexibility index (Phi) is 5.08. The number of nitriles is 1. The van der Waals surface area contributed by atoms with Crippen molar-refractivity contribution in [3.8, 4) is 17.7 Å². The lowest BCUT2D eigenvalue weighted by Crippen LogP contribution is -2.45. The topological polar surface area (TPSA) is 121 Å². The van der Waals surface area contributed by atoms with Crippen LogP contribution >= 0.6 is 0 Å². The van der Waals surface area contributed by atoms with E-state index in [9.17, 15) is 18.5 Å². The van der Waals surface area contributed by atoms with Crippen LogP contribution in [0.2, 0.25) is 0 Å². The first-order chi connectivity index (χ1) is 13.9. The molecule has 0 radical (unpaired) electrons. The van der Waals surface area contributed by atoms with Crippen LogP contribution in [0.5, 0.6) is 0 Å². The van der Waals surface area contributed by atoms with Crippen LogP contribution < -0.4 is 4.90 Å². The lowest BCUT2D eigenvalue weighted by atomic mass is 9.94. The van der Waals surface area contributed by atoms with Crippen molar-refractivity contribution in [1.29, 1.82) is 5.26 Å². The molecular formula is C19H22N4O5S. The second-order valence-electron chi connectivity index (χ2n) is 7.53. The van der Waals surface area contributed by atoms with Gasteiger partial charge in [0, 0.05) is 32.1 Å². The number of rotatable bonds is 4. The highest BCUT2D eigenvalue weighted by atomic mass is 32.2. The van der Waals surface area contributed by atoms with E-state index in [0.717, 1.165) is 0 Å². The quantitative estimate of drug-likeness (QED) is 0.735. The molecule has 0 bridgehead atoms. The summed E-state index contributed by atoms with van der Waals surface area (Å²) < 4.78 is 34.4. The number of nitrogens with zero attached hydrogens (tertiary/aromatic N) is 4. The number of carbonyl (C=O) groups excluding carboxylic acids is 1. The third kappa shape index (κ3) is 3.87. The van der Waals surface area contributed by atoms with Crippen molar-refractivity contribution >= 4 is 21.6 Å². The summed E-state index contributed by atoms with van der Waals surface area (Å²) in [6.07, 6.45) is 3.21. The Balaban J connectivity index is 1.41. The van der Waals surface area contributed by atoms with Gasteiger partial charge < -0.3 is 18.6 Å². The SMILES string of the molecule is CN(C(=O)C1CCN(c2oc(-c3ccco3)nc2C#N)CC1)C1CCS(=O)(=O)C1. The van der Waals surface area contributed by atoms with E-state index in [4.69, 9.17) is 8.83 Å². The van der Waals surface area contributed by atoms with Gasteiger partial charge in [0.2, 0.25) is 17.5 Å². The van der Waals surface area contributed by atoms with Crippen LogP contribution in [0, 0.1) is 17.2 Å². The van der Waals surface area contributed by atoms with Crippen molar-refractivity contribution in [2.24, 2.45) is 5.92 Å². The van der Waals surface area contributed by atoms with Crippen molar-refractivity contribution in [3.05, 3.63) is 24.1 Å². The molecule has 29 heavy (non-hydrogen) atoms. The first-order valence-corrected chi connectivity index (χ1v) is 11.4. The molecule has 1 atom stereocenters. The van der Waals surface area contributed by atoms with Gasteiger partial charge in [0.15, 0.2) is 15.6 Å². The van der Waals surface area contributed by atoms with Gasteiger partial charge in [-0.25, -0.2) is 8.42 Å². The Bertz CT molecular complexity index is 1030. The predicted molar refractivity (Wildman–Crippen MR) is 104 cm³/mol. The highest BCUT2D eigenvalue weighted by Gasteiger charge is 2.36. The lowest BCUT2D eigenvalue weighted by molar-refractivity contribution is -0.136. The van der Waals surface area contributed by atoms with Crippen LogP contribution in [-0.2, 0) is 14.6 Å². The van der Waals surface area contributed by atoms with Gasteiger partial charge in [-0.1, -0.05) is 0 Å². The maximum atomic E-state index is 12.8. The first kappa shape index (κ1) is 19.5. The standard InChI is InChI=1S/C19H22N4O5S/c1-22(14-6-10-29(25,26)12-14)18(24)13-4-7-23(8-5-13)19-15(11-20)21-17(28-19)16-3-2-9-27-16/h2-3,9,13-14H,4-8,10,12H2,1H3. The molecule has 2 aromatic heterocycles. The van der Waals surface area contributed by atoms with E-state index in [2.05, 4.69) is 11.1 Å². The van der Waals surface area contributed by atoms with Crippen molar-refractivity contribution in [2.75, 3.05) is 36.5 Å². The number of oxazole rings is 1. The van der Waals surface area contributed by atoms with E-state index in [-0.39, 0.29) is 41.0 Å². The Labute approximate surface area is 168 Å². The second kappa shape index (κ2) is 7.55. The number of furan rings is 1. The Morgan fingerprint density at radius 3 is 2.69 bits per heavy atom. The summed E-state index contributed by atoms with van der Waals surface area (Å²) in [5.41, 5.74) is 0.189. The Hall–Kier alpha value is -2.80. The van der Waals surface area contributed by atoms with Gasteiger partial charge >= 0.3 is 0 Å². The number of amides is 1. The largest absolute Gasteiger partial charge is 0.459 e. The number of carbonyl (C=O) groups is 1. The molecule has 2 aliphatic rings. The molecule has 0 N–H and O–H groups in total. The Morgan fingerprint density at radius 2 is 2.10 bits per heavy atom. The molecule has 1 unspecified atom stereocenters. The van der Waals surface area contributed by atoms with E-state index >= 15 is 0 Å². The molecule has 154 valence electrons. The van der Waals surface area contributed by atoms with Crippen LogP contribution in [0.15, 0.2) is 27.2 Å². The molecule has 4 heterocycles. The van der Waals surface area contributed by atoms with E-state index < -0.39 is 9.84 Å². The summed E-state index contributed by atoms with van der Waals surface area (Å²) in [5.74, 6) is 1.10. The normalized spacial score (nSPS) is 21.8. The molecule has 0 aliphatic carbocycles. The zero-order valence-electron chi connectivity index (χ0n) is 16.1. The molecule has 4 rings (SSSR count). The minimum absolute atomic E-state index is 0.0129. The summed E-state index contributed by atoms with van der Waals surface area (Å²) >= 11 is 0. The third-order valence-electron chi connectivity index (χ3n) is 5.68. The molecule has 0 saturated carbocycles. The molecule has 0 spiro atoms. The number of anilines is 1. The van der Waals surface area contributed by atoms with Crippen molar-refractivity contribution in [3.63, 3.8) is 0 Å². The monoisotopic (exact) mass is 418 g/mol. The van der Waals surface area contributed by atoms with E-state index in [0.29, 0.717) is 44.0 Å². The molecular weight excluding hydrogens is 396 g/mol. The minimum atomic E-state index is -3.03. The van der Waals surface area contributed by atoms with Gasteiger partial charge in [0.05, 0.1) is 17.8 Å². The van der Waals surface area contributed by atoms with Gasteiger partial charge in [-0.15, -0.1) is 0 Å². The summed E-state index contributed by atoms with van der Waals surface area (Å²) in [5, 5.41) is 9.40. The molecule has 2 aliphatic heterocycles. The maximum absolute atomic E-state index is 12.8. The lowest BCUT2D eigenvalue weighted by Gasteiger charge is -2.34. The number of aromatic nitrogens is 1. The summed E-state index contributed by atoms with van der Waals surface area (Å²) in [4.78, 5) is 20.6. The fraction of sp³-hybridized carbons (Fsp3) is 0.526.